The third-order valence-corrected chi connectivity index (χ3v) is 3.65. The third-order valence-electron chi connectivity index (χ3n) is 3.65. The molecule has 4 aromatic carbocycles. The molecule has 0 aliphatic rings. The molecule has 0 bridgehead atoms. The number of hydrogen-bond donors (Lipinski definition) is 0. The fourth-order valence-electron chi connectivity index (χ4n) is 2.77. The average molecular weight is 316 g/mol. The van der Waals surface area contributed by atoms with Gasteiger partial charge in [0, 0.05) is 45.5 Å². The molecule has 0 heterocycles. The molecule has 0 saturated heterocycles. The molecule has 0 aliphatic heterocycles. The molecule has 1 heteroatoms. The largest absolute Gasteiger partial charge is 0.0616 e. The molecule has 0 saturated carbocycles. The molecule has 0 amide bonds. The zero-order valence-corrected chi connectivity index (χ0v) is 14.1. The minimum atomic E-state index is 0. The van der Waals surface area contributed by atoms with Gasteiger partial charge in [0.25, 0.3) is 0 Å². The normalized spacial score (nSPS) is 10.7. The number of hydrogen-bond acceptors (Lipinski definition) is 0. The first-order valence-corrected chi connectivity index (χ1v) is 6.23. The van der Waals surface area contributed by atoms with Crippen LogP contribution in [0, 0.1) is 0 Å². The summed E-state index contributed by atoms with van der Waals surface area (Å²) in [5.74, 6) is 0. The summed E-state index contributed by atoms with van der Waals surface area (Å²) in [6.45, 7) is 0. The summed E-state index contributed by atoms with van der Waals surface area (Å²) >= 11 is 0. The maximum absolute atomic E-state index is 2.24. The molecular formula is C18H12Sr. The van der Waals surface area contributed by atoms with Crippen molar-refractivity contribution in [3.63, 3.8) is 0 Å². The van der Waals surface area contributed by atoms with Gasteiger partial charge in [-0.15, -0.1) is 0 Å². The van der Waals surface area contributed by atoms with E-state index < -0.39 is 0 Å². The Balaban J connectivity index is 0.00000110. The van der Waals surface area contributed by atoms with Gasteiger partial charge in [-0.25, -0.2) is 0 Å². The minimum absolute atomic E-state index is 0. The fourth-order valence-corrected chi connectivity index (χ4v) is 2.77. The van der Waals surface area contributed by atoms with Crippen molar-refractivity contribution < 1.29 is 0 Å². The van der Waals surface area contributed by atoms with E-state index in [1.165, 1.54) is 32.3 Å². The van der Waals surface area contributed by atoms with Gasteiger partial charge in [0.2, 0.25) is 0 Å². The zero-order chi connectivity index (χ0) is 11.9. The van der Waals surface area contributed by atoms with Crippen LogP contribution < -0.4 is 0 Å². The van der Waals surface area contributed by atoms with E-state index in [2.05, 4.69) is 72.8 Å². The van der Waals surface area contributed by atoms with Gasteiger partial charge >= 0.3 is 0 Å². The van der Waals surface area contributed by atoms with Crippen LogP contribution in [0.15, 0.2) is 72.8 Å². The van der Waals surface area contributed by atoms with Gasteiger partial charge in [-0.1, -0.05) is 72.8 Å². The quantitative estimate of drug-likeness (QED) is 0.324. The number of benzene rings is 4. The van der Waals surface area contributed by atoms with Gasteiger partial charge in [-0.3, -0.25) is 0 Å². The maximum Gasteiger partial charge on any atom is 0 e. The van der Waals surface area contributed by atoms with Gasteiger partial charge in [-0.05, 0) is 32.3 Å². The van der Waals surface area contributed by atoms with Gasteiger partial charge in [-0.2, -0.15) is 0 Å². The summed E-state index contributed by atoms with van der Waals surface area (Å²) in [4.78, 5) is 0. The van der Waals surface area contributed by atoms with E-state index in [4.69, 9.17) is 0 Å². The Bertz CT molecular complexity index is 803. The Hall–Kier alpha value is -0.859. The van der Waals surface area contributed by atoms with Crippen molar-refractivity contribution in [2.45, 2.75) is 0 Å². The molecule has 0 spiro atoms. The van der Waals surface area contributed by atoms with E-state index in [1.807, 2.05) is 0 Å². The second-order valence-corrected chi connectivity index (χ2v) is 4.67. The molecule has 0 N–H and O–H groups in total. The molecule has 4 rings (SSSR count). The monoisotopic (exact) mass is 316 g/mol. The molecule has 0 nitrogen and oxygen atoms in total. The third kappa shape index (κ3) is 2.11. The number of fused-ring (bicyclic) bond motifs is 5. The van der Waals surface area contributed by atoms with Crippen molar-refractivity contribution in [3.05, 3.63) is 72.8 Å². The van der Waals surface area contributed by atoms with Crippen LogP contribution in [0.5, 0.6) is 0 Å². The van der Waals surface area contributed by atoms with Crippen LogP contribution in [-0.2, 0) is 0 Å². The second-order valence-electron chi connectivity index (χ2n) is 4.67. The van der Waals surface area contributed by atoms with Crippen molar-refractivity contribution in [2.75, 3.05) is 0 Å². The van der Waals surface area contributed by atoms with Gasteiger partial charge < -0.3 is 0 Å². The van der Waals surface area contributed by atoms with E-state index in [1.54, 1.807) is 0 Å². The van der Waals surface area contributed by atoms with Crippen molar-refractivity contribution in [1.29, 1.82) is 0 Å². The molecule has 0 fully saturated rings. The van der Waals surface area contributed by atoms with Crippen LogP contribution in [0.1, 0.15) is 0 Å². The molecule has 86 valence electrons. The molecule has 4 aromatic rings. The zero-order valence-electron chi connectivity index (χ0n) is 10.6. The molecule has 0 unspecified atom stereocenters. The summed E-state index contributed by atoms with van der Waals surface area (Å²) in [7, 11) is 0. The molecule has 0 aliphatic carbocycles. The molecule has 0 aromatic heterocycles. The van der Waals surface area contributed by atoms with E-state index in [0.29, 0.717) is 0 Å². The molecule has 2 radical (unpaired) electrons. The van der Waals surface area contributed by atoms with Crippen LogP contribution in [0.4, 0.5) is 0 Å². The summed E-state index contributed by atoms with van der Waals surface area (Å²) in [5.41, 5.74) is 0. The first kappa shape index (κ1) is 13.1. The minimum Gasteiger partial charge on any atom is -0.0616 e. The van der Waals surface area contributed by atoms with Gasteiger partial charge in [0.15, 0.2) is 0 Å². The topological polar surface area (TPSA) is 0 Å². The van der Waals surface area contributed by atoms with Crippen LogP contribution in [0.2, 0.25) is 0 Å². The smallest absolute Gasteiger partial charge is 0 e. The number of rotatable bonds is 0. The summed E-state index contributed by atoms with van der Waals surface area (Å²) in [5, 5.41) is 7.96. The van der Waals surface area contributed by atoms with Crippen LogP contribution in [0.3, 0.4) is 0 Å². The van der Waals surface area contributed by atoms with E-state index in [9.17, 15) is 0 Å². The standard InChI is InChI=1S/C18H12.Sr/c1-3-7-15-13(5-1)9-11-18-16-8-4-2-6-14(16)10-12-17(15)18;/h1-12H;. The second kappa shape index (κ2) is 5.26. The predicted octanol–water partition coefficient (Wildman–Crippen LogP) is 4.77. The Morgan fingerprint density at radius 1 is 0.368 bits per heavy atom. The Morgan fingerprint density at radius 2 is 0.789 bits per heavy atom. The molecular weight excluding hydrogens is 304 g/mol. The molecule has 19 heavy (non-hydrogen) atoms. The first-order valence-electron chi connectivity index (χ1n) is 6.23. The van der Waals surface area contributed by atoms with Crippen LogP contribution >= 0.6 is 0 Å². The SMILES string of the molecule is [Sr].c1ccc2c(c1)ccc1c3ccccc3ccc21. The summed E-state index contributed by atoms with van der Waals surface area (Å²) in [6.07, 6.45) is 0. The van der Waals surface area contributed by atoms with E-state index in [0.717, 1.165) is 0 Å². The average Bonchev–Trinajstić information content (AvgIpc) is 2.46. The van der Waals surface area contributed by atoms with Crippen LogP contribution in [0.25, 0.3) is 32.3 Å². The van der Waals surface area contributed by atoms with Gasteiger partial charge in [0.05, 0.1) is 0 Å². The van der Waals surface area contributed by atoms with Crippen molar-refractivity contribution in [2.24, 2.45) is 0 Å². The van der Waals surface area contributed by atoms with Gasteiger partial charge in [0.1, 0.15) is 0 Å². The maximum atomic E-state index is 2.24. The molecule has 0 atom stereocenters. The van der Waals surface area contributed by atoms with Crippen molar-refractivity contribution >= 4 is 77.8 Å². The van der Waals surface area contributed by atoms with Crippen molar-refractivity contribution in [3.8, 4) is 0 Å². The van der Waals surface area contributed by atoms with E-state index in [-0.39, 0.29) is 45.5 Å². The van der Waals surface area contributed by atoms with Crippen molar-refractivity contribution in [1.82, 2.24) is 0 Å². The fraction of sp³-hybridized carbons (Fsp3) is 0. The predicted molar refractivity (Wildman–Crippen MR) is 84.7 cm³/mol. The summed E-state index contributed by atoms with van der Waals surface area (Å²) < 4.78 is 0. The Labute approximate surface area is 149 Å². The van der Waals surface area contributed by atoms with E-state index >= 15 is 0 Å². The summed E-state index contributed by atoms with van der Waals surface area (Å²) in [6, 6.07) is 26.0. The van der Waals surface area contributed by atoms with Crippen LogP contribution in [-0.4, -0.2) is 45.5 Å². The Morgan fingerprint density at radius 3 is 1.26 bits per heavy atom. The Kier molecular flexibility index (Phi) is 3.64. The first-order chi connectivity index (χ1) is 8.93.